The Kier molecular flexibility index (Phi) is 3.61. The molecule has 0 bridgehead atoms. The molecular formula is C13H26N2O2. The van der Waals surface area contributed by atoms with E-state index in [1.165, 1.54) is 0 Å². The Morgan fingerprint density at radius 3 is 2.18 bits per heavy atom. The maximum atomic E-state index is 11.9. The molecule has 17 heavy (non-hydrogen) atoms. The van der Waals surface area contributed by atoms with E-state index in [9.17, 15) is 4.79 Å². The van der Waals surface area contributed by atoms with Gasteiger partial charge in [-0.3, -0.25) is 4.79 Å². The number of rotatable bonds is 4. The first kappa shape index (κ1) is 14.5. The van der Waals surface area contributed by atoms with Crippen LogP contribution in [0.4, 0.5) is 0 Å². The number of carbonyl (C=O) groups is 1. The average molecular weight is 242 g/mol. The van der Waals surface area contributed by atoms with Crippen LogP contribution in [0.5, 0.6) is 0 Å². The van der Waals surface area contributed by atoms with E-state index < -0.39 is 11.1 Å². The molecule has 1 fully saturated rings. The van der Waals surface area contributed by atoms with Crippen molar-refractivity contribution in [3.8, 4) is 0 Å². The number of hydrogen-bond donors (Lipinski definition) is 2. The summed E-state index contributed by atoms with van der Waals surface area (Å²) in [6.07, 6.45) is 0.606. The molecule has 0 saturated carbocycles. The molecule has 100 valence electrons. The van der Waals surface area contributed by atoms with Crippen molar-refractivity contribution in [2.24, 2.45) is 11.7 Å². The molecule has 0 aliphatic carbocycles. The summed E-state index contributed by atoms with van der Waals surface area (Å²) in [7, 11) is 0. The predicted molar refractivity (Wildman–Crippen MR) is 68.6 cm³/mol. The van der Waals surface area contributed by atoms with Crippen LogP contribution < -0.4 is 11.1 Å². The van der Waals surface area contributed by atoms with E-state index >= 15 is 0 Å². The lowest BCUT2D eigenvalue weighted by atomic mass is 9.78. The fourth-order valence-electron chi connectivity index (χ4n) is 2.79. The van der Waals surface area contributed by atoms with Crippen LogP contribution in [-0.4, -0.2) is 29.2 Å². The number of nitrogens with one attached hydrogen (secondary N) is 1. The molecule has 0 aromatic carbocycles. The van der Waals surface area contributed by atoms with Crippen LogP contribution in [0.1, 0.15) is 48.0 Å². The number of amides is 1. The Hall–Kier alpha value is -0.610. The van der Waals surface area contributed by atoms with Crippen LogP contribution in [0.25, 0.3) is 0 Å². The van der Waals surface area contributed by atoms with Crippen LogP contribution in [0.3, 0.4) is 0 Å². The van der Waals surface area contributed by atoms with Gasteiger partial charge >= 0.3 is 0 Å². The van der Waals surface area contributed by atoms with Gasteiger partial charge in [-0.25, -0.2) is 0 Å². The van der Waals surface area contributed by atoms with Crippen LogP contribution in [0.2, 0.25) is 0 Å². The summed E-state index contributed by atoms with van der Waals surface area (Å²) in [5.74, 6) is 0.138. The highest BCUT2D eigenvalue weighted by molar-refractivity contribution is 5.87. The Bertz CT molecular complexity index is 311. The van der Waals surface area contributed by atoms with Gasteiger partial charge in [-0.15, -0.1) is 0 Å². The molecule has 1 heterocycles. The fourth-order valence-corrected chi connectivity index (χ4v) is 2.79. The molecule has 1 unspecified atom stereocenters. The number of primary amides is 1. The third-order valence-electron chi connectivity index (χ3n) is 3.48. The normalized spacial score (nSPS) is 30.8. The Balaban J connectivity index is 3.03. The monoisotopic (exact) mass is 242 g/mol. The number of nitrogens with two attached hydrogens (primary N) is 1. The molecule has 4 heteroatoms. The van der Waals surface area contributed by atoms with Gasteiger partial charge in [-0.2, -0.15) is 0 Å². The van der Waals surface area contributed by atoms with E-state index in [1.807, 2.05) is 27.7 Å². The fraction of sp³-hybridized carbons (Fsp3) is 0.923. The Morgan fingerprint density at radius 2 is 1.88 bits per heavy atom. The minimum atomic E-state index is -0.777. The van der Waals surface area contributed by atoms with Crippen molar-refractivity contribution < 1.29 is 9.53 Å². The highest BCUT2D eigenvalue weighted by Crippen LogP contribution is 2.44. The van der Waals surface area contributed by atoms with Gasteiger partial charge in [-0.05, 0) is 40.2 Å². The molecule has 0 spiro atoms. The molecule has 1 saturated heterocycles. The van der Waals surface area contributed by atoms with Crippen LogP contribution in [-0.2, 0) is 9.53 Å². The van der Waals surface area contributed by atoms with Gasteiger partial charge in [0.2, 0.25) is 5.91 Å². The summed E-state index contributed by atoms with van der Waals surface area (Å²) >= 11 is 0. The second kappa shape index (κ2) is 4.25. The molecule has 1 amide bonds. The lowest BCUT2D eigenvalue weighted by Crippen LogP contribution is -2.65. The van der Waals surface area contributed by atoms with Gasteiger partial charge < -0.3 is 15.8 Å². The zero-order valence-corrected chi connectivity index (χ0v) is 11.9. The second-order valence-corrected chi connectivity index (χ2v) is 6.59. The minimum absolute atomic E-state index is 0.325. The topological polar surface area (TPSA) is 64.3 Å². The Labute approximate surface area is 104 Å². The maximum absolute atomic E-state index is 11.9. The van der Waals surface area contributed by atoms with Crippen molar-refractivity contribution in [2.75, 3.05) is 6.54 Å². The molecule has 1 rings (SSSR count). The molecule has 1 atom stereocenters. The summed E-state index contributed by atoms with van der Waals surface area (Å²) in [5, 5.41) is 3.34. The zero-order chi connectivity index (χ0) is 13.5. The molecule has 0 aromatic heterocycles. The summed E-state index contributed by atoms with van der Waals surface area (Å²) in [6, 6.07) is 0. The van der Waals surface area contributed by atoms with Gasteiger partial charge in [0.1, 0.15) is 5.54 Å². The van der Waals surface area contributed by atoms with Gasteiger partial charge in [0.15, 0.2) is 0 Å². The van der Waals surface area contributed by atoms with Crippen molar-refractivity contribution in [3.63, 3.8) is 0 Å². The van der Waals surface area contributed by atoms with E-state index in [-0.39, 0.29) is 11.5 Å². The first-order valence-electron chi connectivity index (χ1n) is 6.27. The second-order valence-electron chi connectivity index (χ2n) is 6.59. The highest BCUT2D eigenvalue weighted by Gasteiger charge is 2.60. The lowest BCUT2D eigenvalue weighted by molar-refractivity contribution is -0.133. The van der Waals surface area contributed by atoms with Crippen LogP contribution in [0, 0.1) is 5.92 Å². The number of carbonyl (C=O) groups excluding carboxylic acids is 1. The third kappa shape index (κ3) is 2.63. The van der Waals surface area contributed by atoms with Crippen molar-refractivity contribution >= 4 is 5.91 Å². The summed E-state index contributed by atoms with van der Waals surface area (Å²) in [5.41, 5.74) is 3.94. The number of ether oxygens (including phenoxy) is 1. The zero-order valence-electron chi connectivity index (χ0n) is 11.9. The summed E-state index contributed by atoms with van der Waals surface area (Å²) < 4.78 is 5.98. The SMILES string of the molecule is CC(C)CNC1(C(N)=O)CC(C)(C)OC1(C)C. The standard InChI is InChI=1S/C13H26N2O2/c1-9(2)7-15-13(10(14)16)8-11(3,4)17-12(13,5)6/h9,15H,7-8H2,1-6H3,(H2,14,16). The van der Waals surface area contributed by atoms with Gasteiger partial charge in [0.25, 0.3) is 0 Å². The Morgan fingerprint density at radius 1 is 1.35 bits per heavy atom. The largest absolute Gasteiger partial charge is 0.368 e. The first-order chi connectivity index (χ1) is 7.52. The number of hydrogen-bond acceptors (Lipinski definition) is 3. The summed E-state index contributed by atoms with van der Waals surface area (Å²) in [6.45, 7) is 12.8. The van der Waals surface area contributed by atoms with E-state index in [4.69, 9.17) is 10.5 Å². The highest BCUT2D eigenvalue weighted by atomic mass is 16.5. The maximum Gasteiger partial charge on any atom is 0.240 e. The van der Waals surface area contributed by atoms with Gasteiger partial charge in [0.05, 0.1) is 11.2 Å². The van der Waals surface area contributed by atoms with Crippen molar-refractivity contribution in [1.82, 2.24) is 5.32 Å². The first-order valence-corrected chi connectivity index (χ1v) is 6.27. The van der Waals surface area contributed by atoms with Gasteiger partial charge in [0, 0.05) is 6.42 Å². The molecule has 1 aliphatic heterocycles. The van der Waals surface area contributed by atoms with E-state index in [1.54, 1.807) is 0 Å². The van der Waals surface area contributed by atoms with Crippen LogP contribution in [0.15, 0.2) is 0 Å². The minimum Gasteiger partial charge on any atom is -0.368 e. The van der Waals surface area contributed by atoms with Crippen molar-refractivity contribution in [3.05, 3.63) is 0 Å². The third-order valence-corrected chi connectivity index (χ3v) is 3.48. The summed E-state index contributed by atoms with van der Waals surface area (Å²) in [4.78, 5) is 11.9. The molecule has 1 aliphatic rings. The van der Waals surface area contributed by atoms with E-state index in [0.717, 1.165) is 6.54 Å². The van der Waals surface area contributed by atoms with Crippen molar-refractivity contribution in [1.29, 1.82) is 0 Å². The van der Waals surface area contributed by atoms with E-state index in [0.29, 0.717) is 12.3 Å². The van der Waals surface area contributed by atoms with Gasteiger partial charge in [-0.1, -0.05) is 13.8 Å². The quantitative estimate of drug-likeness (QED) is 0.784. The molecule has 4 nitrogen and oxygen atoms in total. The molecule has 3 N–H and O–H groups in total. The molecule has 0 aromatic rings. The van der Waals surface area contributed by atoms with Crippen LogP contribution >= 0.6 is 0 Å². The smallest absolute Gasteiger partial charge is 0.240 e. The van der Waals surface area contributed by atoms with Crippen molar-refractivity contribution in [2.45, 2.75) is 64.7 Å². The molecule has 0 radical (unpaired) electrons. The lowest BCUT2D eigenvalue weighted by Gasteiger charge is -2.38. The van der Waals surface area contributed by atoms with E-state index in [2.05, 4.69) is 19.2 Å². The predicted octanol–water partition coefficient (Wildman–Crippen LogP) is 1.43. The molecular weight excluding hydrogens is 216 g/mol. The average Bonchev–Trinajstić information content (AvgIpc) is 2.27.